The number of nitrogens with two attached hydrogens (primary N) is 1. The highest BCUT2D eigenvalue weighted by atomic mass is 19.4. The minimum Gasteiger partial charge on any atom is -0.398 e. The number of carbonyl (C=O) groups excluding carboxylic acids is 1. The number of alkyl halides is 3. The summed E-state index contributed by atoms with van der Waals surface area (Å²) in [5.41, 5.74) is 5.53. The molecule has 0 aromatic heterocycles. The van der Waals surface area contributed by atoms with Crippen LogP contribution in [0.15, 0.2) is 18.2 Å². The molecular weight excluding hydrogens is 235 g/mol. The third-order valence-electron chi connectivity index (χ3n) is 2.09. The van der Waals surface area contributed by atoms with E-state index < -0.39 is 12.1 Å². The van der Waals surface area contributed by atoms with Crippen molar-refractivity contribution in [3.8, 4) is 6.07 Å². The highest BCUT2D eigenvalue weighted by Gasteiger charge is 2.41. The first-order chi connectivity index (χ1) is 7.77. The standard InChI is InChI=1S/C10H8F3N3O/c1-16(9(17)10(11,12)13)7-2-3-8(15)6(4-7)5-14/h2-4H,15H2,1H3. The lowest BCUT2D eigenvalue weighted by atomic mass is 10.1. The molecule has 2 N–H and O–H groups in total. The van der Waals surface area contributed by atoms with Gasteiger partial charge in [0.15, 0.2) is 0 Å². The molecule has 4 nitrogen and oxygen atoms in total. The van der Waals surface area contributed by atoms with Crippen LogP contribution in [-0.4, -0.2) is 19.1 Å². The zero-order chi connectivity index (χ0) is 13.2. The van der Waals surface area contributed by atoms with Crippen LogP contribution in [0.1, 0.15) is 5.56 Å². The molecule has 1 rings (SSSR count). The summed E-state index contributed by atoms with van der Waals surface area (Å²) in [5, 5.41) is 8.67. The molecule has 90 valence electrons. The predicted octanol–water partition coefficient (Wildman–Crippen LogP) is 1.67. The molecule has 0 spiro atoms. The number of halogens is 3. The number of nitrogen functional groups attached to an aromatic ring is 1. The lowest BCUT2D eigenvalue weighted by Gasteiger charge is -2.19. The van der Waals surface area contributed by atoms with Crippen LogP contribution in [0.4, 0.5) is 24.5 Å². The van der Waals surface area contributed by atoms with Gasteiger partial charge in [-0.15, -0.1) is 0 Å². The van der Waals surface area contributed by atoms with Gasteiger partial charge < -0.3 is 10.6 Å². The summed E-state index contributed by atoms with van der Waals surface area (Å²) >= 11 is 0. The molecule has 0 heterocycles. The second kappa shape index (κ2) is 4.33. The summed E-state index contributed by atoms with van der Waals surface area (Å²) < 4.78 is 36.5. The molecule has 1 aromatic carbocycles. The number of amides is 1. The van der Waals surface area contributed by atoms with Crippen molar-refractivity contribution in [1.82, 2.24) is 0 Å². The van der Waals surface area contributed by atoms with Gasteiger partial charge in [-0.2, -0.15) is 18.4 Å². The van der Waals surface area contributed by atoms with Crippen LogP contribution in [0.2, 0.25) is 0 Å². The zero-order valence-corrected chi connectivity index (χ0v) is 8.75. The average molecular weight is 243 g/mol. The van der Waals surface area contributed by atoms with E-state index in [4.69, 9.17) is 11.0 Å². The van der Waals surface area contributed by atoms with Crippen LogP contribution in [0, 0.1) is 11.3 Å². The van der Waals surface area contributed by atoms with Gasteiger partial charge in [0.2, 0.25) is 0 Å². The number of benzene rings is 1. The fourth-order valence-corrected chi connectivity index (χ4v) is 1.16. The highest BCUT2D eigenvalue weighted by molar-refractivity contribution is 5.97. The van der Waals surface area contributed by atoms with Gasteiger partial charge >= 0.3 is 12.1 Å². The average Bonchev–Trinajstić information content (AvgIpc) is 2.26. The summed E-state index contributed by atoms with van der Waals surface area (Å²) in [6.45, 7) is 0. The number of nitriles is 1. The Hall–Kier alpha value is -2.23. The van der Waals surface area contributed by atoms with E-state index in [0.717, 1.165) is 13.1 Å². The third-order valence-corrected chi connectivity index (χ3v) is 2.09. The van der Waals surface area contributed by atoms with E-state index in [2.05, 4.69) is 0 Å². The number of anilines is 2. The van der Waals surface area contributed by atoms with Gasteiger partial charge in [0, 0.05) is 18.4 Å². The maximum Gasteiger partial charge on any atom is 0.471 e. The largest absolute Gasteiger partial charge is 0.471 e. The molecular formula is C10H8F3N3O. The molecule has 17 heavy (non-hydrogen) atoms. The first-order valence-corrected chi connectivity index (χ1v) is 4.42. The first kappa shape index (κ1) is 12.8. The van der Waals surface area contributed by atoms with E-state index in [1.54, 1.807) is 6.07 Å². The predicted molar refractivity (Wildman–Crippen MR) is 55.0 cm³/mol. The molecule has 0 radical (unpaired) electrons. The maximum absolute atomic E-state index is 12.2. The van der Waals surface area contributed by atoms with Crippen LogP contribution >= 0.6 is 0 Å². The van der Waals surface area contributed by atoms with Gasteiger partial charge in [0.05, 0.1) is 5.56 Å². The molecule has 0 unspecified atom stereocenters. The Balaban J connectivity index is 3.10. The summed E-state index contributed by atoms with van der Waals surface area (Å²) in [5.74, 6) is -2.01. The number of nitrogens with zero attached hydrogens (tertiary/aromatic N) is 2. The first-order valence-electron chi connectivity index (χ1n) is 4.42. The maximum atomic E-state index is 12.2. The lowest BCUT2D eigenvalue weighted by molar-refractivity contribution is -0.170. The van der Waals surface area contributed by atoms with Gasteiger partial charge in [0.1, 0.15) is 6.07 Å². The monoisotopic (exact) mass is 243 g/mol. The van der Waals surface area contributed by atoms with Crippen molar-refractivity contribution in [1.29, 1.82) is 5.26 Å². The molecule has 1 amide bonds. The van der Waals surface area contributed by atoms with E-state index in [-0.39, 0.29) is 16.9 Å². The second-order valence-electron chi connectivity index (χ2n) is 3.25. The van der Waals surface area contributed by atoms with Crippen molar-refractivity contribution in [2.45, 2.75) is 6.18 Å². The number of hydrogen-bond donors (Lipinski definition) is 1. The summed E-state index contributed by atoms with van der Waals surface area (Å²) in [4.78, 5) is 11.4. The highest BCUT2D eigenvalue weighted by Crippen LogP contribution is 2.24. The minimum atomic E-state index is -4.96. The molecule has 7 heteroatoms. The Morgan fingerprint density at radius 3 is 2.53 bits per heavy atom. The van der Waals surface area contributed by atoms with Crippen molar-refractivity contribution in [3.05, 3.63) is 23.8 Å². The molecule has 0 saturated carbocycles. The Bertz CT molecular complexity index is 491. The Morgan fingerprint density at radius 2 is 2.06 bits per heavy atom. The SMILES string of the molecule is CN(C(=O)C(F)(F)F)c1ccc(N)c(C#N)c1. The van der Waals surface area contributed by atoms with Gasteiger partial charge in [-0.1, -0.05) is 0 Å². The Morgan fingerprint density at radius 1 is 1.47 bits per heavy atom. The molecule has 0 saturated heterocycles. The zero-order valence-electron chi connectivity index (χ0n) is 8.75. The fourth-order valence-electron chi connectivity index (χ4n) is 1.16. The number of carbonyl (C=O) groups is 1. The van der Waals surface area contributed by atoms with Gasteiger partial charge in [-0.3, -0.25) is 4.79 Å². The molecule has 0 bridgehead atoms. The van der Waals surface area contributed by atoms with Gasteiger partial charge in [-0.25, -0.2) is 0 Å². The summed E-state index contributed by atoms with van der Waals surface area (Å²) in [6, 6.07) is 5.36. The molecule has 0 aliphatic heterocycles. The van der Waals surface area contributed by atoms with Crippen LogP contribution in [0.3, 0.4) is 0 Å². The molecule has 0 aliphatic carbocycles. The molecule has 1 aromatic rings. The van der Waals surface area contributed by atoms with Crippen molar-refractivity contribution in [2.75, 3.05) is 17.7 Å². The second-order valence-corrected chi connectivity index (χ2v) is 3.25. The van der Waals surface area contributed by atoms with E-state index in [1.807, 2.05) is 0 Å². The Labute approximate surface area is 95.0 Å². The van der Waals surface area contributed by atoms with Crippen molar-refractivity contribution in [2.24, 2.45) is 0 Å². The van der Waals surface area contributed by atoms with Crippen LogP contribution in [0.5, 0.6) is 0 Å². The van der Waals surface area contributed by atoms with Crippen molar-refractivity contribution in [3.63, 3.8) is 0 Å². The van der Waals surface area contributed by atoms with Gasteiger partial charge in [-0.05, 0) is 18.2 Å². The number of hydrogen-bond acceptors (Lipinski definition) is 3. The van der Waals surface area contributed by atoms with E-state index in [1.165, 1.54) is 12.1 Å². The molecule has 0 fully saturated rings. The minimum absolute atomic E-state index is 0.0179. The third kappa shape index (κ3) is 2.66. The topological polar surface area (TPSA) is 70.1 Å². The fraction of sp³-hybridized carbons (Fsp3) is 0.200. The van der Waals surface area contributed by atoms with Crippen molar-refractivity contribution >= 4 is 17.3 Å². The van der Waals surface area contributed by atoms with E-state index in [9.17, 15) is 18.0 Å². The Kier molecular flexibility index (Phi) is 3.27. The quantitative estimate of drug-likeness (QED) is 0.762. The lowest BCUT2D eigenvalue weighted by Crippen LogP contribution is -2.38. The summed E-state index contributed by atoms with van der Waals surface area (Å²) in [7, 11) is 0.975. The molecule has 0 atom stereocenters. The molecule has 0 aliphatic rings. The van der Waals surface area contributed by atoms with E-state index >= 15 is 0 Å². The van der Waals surface area contributed by atoms with Crippen LogP contribution in [0.25, 0.3) is 0 Å². The number of rotatable bonds is 1. The van der Waals surface area contributed by atoms with Crippen LogP contribution < -0.4 is 10.6 Å². The smallest absolute Gasteiger partial charge is 0.398 e. The van der Waals surface area contributed by atoms with Crippen molar-refractivity contribution < 1.29 is 18.0 Å². The van der Waals surface area contributed by atoms with E-state index in [0.29, 0.717) is 4.90 Å². The summed E-state index contributed by atoms with van der Waals surface area (Å²) in [6.07, 6.45) is -4.96. The van der Waals surface area contributed by atoms with Crippen LogP contribution in [-0.2, 0) is 4.79 Å². The van der Waals surface area contributed by atoms with Gasteiger partial charge in [0.25, 0.3) is 0 Å². The normalized spacial score (nSPS) is 10.8.